The smallest absolute Gasteiger partial charge is 0.254 e. The Balaban J connectivity index is 1.63. The lowest BCUT2D eigenvalue weighted by molar-refractivity contribution is 0.0535. The first-order chi connectivity index (χ1) is 12.0. The first-order valence-electron chi connectivity index (χ1n) is 7.75. The average Bonchev–Trinajstić information content (AvgIpc) is 2.63. The monoisotopic (exact) mass is 440 g/mol. The van der Waals surface area contributed by atoms with Crippen LogP contribution in [0, 0.1) is 0 Å². The minimum absolute atomic E-state index is 0.0193. The van der Waals surface area contributed by atoms with Gasteiger partial charge in [0.2, 0.25) is 0 Å². The SMILES string of the molecule is O=C(c1ccc(Br)cc1)N1CCN(C(=O)c2ccc(Cl)c(Cl)c2)CC1. The van der Waals surface area contributed by atoms with Gasteiger partial charge >= 0.3 is 0 Å². The minimum atomic E-state index is -0.102. The van der Waals surface area contributed by atoms with Crippen LogP contribution in [-0.4, -0.2) is 47.8 Å². The van der Waals surface area contributed by atoms with Crippen molar-refractivity contribution in [3.63, 3.8) is 0 Å². The van der Waals surface area contributed by atoms with Gasteiger partial charge in [0.25, 0.3) is 11.8 Å². The normalized spacial score (nSPS) is 14.5. The van der Waals surface area contributed by atoms with E-state index in [2.05, 4.69) is 15.9 Å². The van der Waals surface area contributed by atoms with Crippen molar-refractivity contribution in [1.82, 2.24) is 9.80 Å². The molecule has 7 heteroatoms. The number of hydrogen-bond donors (Lipinski definition) is 0. The Hall–Kier alpha value is -1.56. The fraction of sp³-hybridized carbons (Fsp3) is 0.222. The third-order valence-corrected chi connectivity index (χ3v) is 5.38. The van der Waals surface area contributed by atoms with Gasteiger partial charge in [0, 0.05) is 41.8 Å². The molecular weight excluding hydrogens is 427 g/mol. The molecule has 0 atom stereocenters. The lowest BCUT2D eigenvalue weighted by atomic mass is 10.1. The van der Waals surface area contributed by atoms with E-state index in [0.29, 0.717) is 47.4 Å². The number of amides is 2. The highest BCUT2D eigenvalue weighted by Gasteiger charge is 2.25. The summed E-state index contributed by atoms with van der Waals surface area (Å²) in [7, 11) is 0. The summed E-state index contributed by atoms with van der Waals surface area (Å²) in [4.78, 5) is 28.6. The molecule has 1 saturated heterocycles. The van der Waals surface area contributed by atoms with Crippen molar-refractivity contribution in [2.45, 2.75) is 0 Å². The van der Waals surface area contributed by atoms with Gasteiger partial charge in [0.15, 0.2) is 0 Å². The number of carbonyl (C=O) groups excluding carboxylic acids is 2. The molecule has 2 amide bonds. The van der Waals surface area contributed by atoms with Gasteiger partial charge in [0.1, 0.15) is 0 Å². The summed E-state index contributed by atoms with van der Waals surface area (Å²) in [6.45, 7) is 1.98. The van der Waals surface area contributed by atoms with Crippen LogP contribution >= 0.6 is 39.1 Å². The highest BCUT2D eigenvalue weighted by molar-refractivity contribution is 9.10. The quantitative estimate of drug-likeness (QED) is 0.694. The molecule has 3 rings (SSSR count). The Bertz CT molecular complexity index is 803. The summed E-state index contributed by atoms with van der Waals surface area (Å²) in [5.74, 6) is -0.122. The third kappa shape index (κ3) is 4.17. The van der Waals surface area contributed by atoms with Gasteiger partial charge < -0.3 is 9.80 Å². The number of rotatable bonds is 2. The van der Waals surface area contributed by atoms with Gasteiger partial charge in [-0.3, -0.25) is 9.59 Å². The van der Waals surface area contributed by atoms with Gasteiger partial charge in [-0.1, -0.05) is 39.1 Å². The van der Waals surface area contributed by atoms with Crippen molar-refractivity contribution < 1.29 is 9.59 Å². The molecule has 0 aromatic heterocycles. The zero-order valence-corrected chi connectivity index (χ0v) is 16.3. The summed E-state index contributed by atoms with van der Waals surface area (Å²) < 4.78 is 0.932. The first kappa shape index (κ1) is 18.2. The molecule has 1 aliphatic heterocycles. The van der Waals surface area contributed by atoms with Crippen molar-refractivity contribution in [3.8, 4) is 0 Å². The van der Waals surface area contributed by atoms with Crippen LogP contribution in [0.4, 0.5) is 0 Å². The predicted molar refractivity (Wildman–Crippen MR) is 102 cm³/mol. The maximum Gasteiger partial charge on any atom is 0.254 e. The number of piperazine rings is 1. The van der Waals surface area contributed by atoms with E-state index >= 15 is 0 Å². The second-order valence-electron chi connectivity index (χ2n) is 5.72. The number of carbonyl (C=O) groups is 2. The standard InChI is InChI=1S/C18H15BrCl2N2O2/c19-14-4-1-12(2-5-14)17(24)22-7-9-23(10-8-22)18(25)13-3-6-15(20)16(21)11-13/h1-6,11H,7-10H2. The number of hydrogen-bond acceptors (Lipinski definition) is 2. The van der Waals surface area contributed by atoms with E-state index in [4.69, 9.17) is 23.2 Å². The molecular formula is C18H15BrCl2N2O2. The third-order valence-electron chi connectivity index (χ3n) is 4.11. The largest absolute Gasteiger partial charge is 0.335 e. The van der Waals surface area contributed by atoms with Crippen molar-refractivity contribution >= 4 is 50.9 Å². The van der Waals surface area contributed by atoms with Crippen LogP contribution in [0.15, 0.2) is 46.9 Å². The number of nitrogens with zero attached hydrogens (tertiary/aromatic N) is 2. The average molecular weight is 442 g/mol. The molecule has 0 saturated carbocycles. The lowest BCUT2D eigenvalue weighted by Gasteiger charge is -2.35. The van der Waals surface area contributed by atoms with Gasteiger partial charge in [-0.2, -0.15) is 0 Å². The maximum atomic E-state index is 12.6. The summed E-state index contributed by atoms with van der Waals surface area (Å²) in [6, 6.07) is 12.1. The zero-order valence-electron chi connectivity index (χ0n) is 13.2. The molecule has 2 aromatic rings. The molecule has 1 fully saturated rings. The number of halogens is 3. The minimum Gasteiger partial charge on any atom is -0.335 e. The highest BCUT2D eigenvalue weighted by Crippen LogP contribution is 2.23. The summed E-state index contributed by atoms with van der Waals surface area (Å²) in [6.07, 6.45) is 0. The molecule has 0 bridgehead atoms. The topological polar surface area (TPSA) is 40.6 Å². The number of benzene rings is 2. The molecule has 1 aliphatic rings. The van der Waals surface area contributed by atoms with E-state index in [9.17, 15) is 9.59 Å². The highest BCUT2D eigenvalue weighted by atomic mass is 79.9. The van der Waals surface area contributed by atoms with E-state index < -0.39 is 0 Å². The van der Waals surface area contributed by atoms with Crippen LogP contribution in [0.25, 0.3) is 0 Å². The van der Waals surface area contributed by atoms with Crippen molar-refractivity contribution in [2.75, 3.05) is 26.2 Å². The Labute approximate surface area is 164 Å². The second-order valence-corrected chi connectivity index (χ2v) is 7.45. The van der Waals surface area contributed by atoms with E-state index in [1.807, 2.05) is 12.1 Å². The summed E-state index contributed by atoms with van der Waals surface area (Å²) in [5.41, 5.74) is 1.15. The lowest BCUT2D eigenvalue weighted by Crippen LogP contribution is -2.50. The molecule has 2 aromatic carbocycles. The molecule has 0 radical (unpaired) electrons. The van der Waals surface area contributed by atoms with E-state index in [0.717, 1.165) is 4.47 Å². The van der Waals surface area contributed by atoms with Gasteiger partial charge in [-0.15, -0.1) is 0 Å². The molecule has 25 heavy (non-hydrogen) atoms. The van der Waals surface area contributed by atoms with Crippen LogP contribution in [0.3, 0.4) is 0 Å². The Morgan fingerprint density at radius 1 is 0.760 bits per heavy atom. The molecule has 0 spiro atoms. The van der Waals surface area contributed by atoms with E-state index in [1.54, 1.807) is 40.1 Å². The summed E-state index contributed by atoms with van der Waals surface area (Å²) in [5, 5.41) is 0.777. The van der Waals surface area contributed by atoms with Crippen LogP contribution in [0.1, 0.15) is 20.7 Å². The van der Waals surface area contributed by atoms with Crippen molar-refractivity contribution in [3.05, 3.63) is 68.1 Å². The Morgan fingerprint density at radius 2 is 1.24 bits per heavy atom. The van der Waals surface area contributed by atoms with Gasteiger partial charge in [-0.05, 0) is 42.5 Å². The van der Waals surface area contributed by atoms with E-state index in [1.165, 1.54) is 0 Å². The molecule has 1 heterocycles. The maximum absolute atomic E-state index is 12.6. The molecule has 130 valence electrons. The fourth-order valence-corrected chi connectivity index (χ4v) is 3.26. The van der Waals surface area contributed by atoms with Crippen LogP contribution in [0.5, 0.6) is 0 Å². The van der Waals surface area contributed by atoms with E-state index in [-0.39, 0.29) is 11.8 Å². The predicted octanol–water partition coefficient (Wildman–Crippen LogP) is 4.35. The van der Waals surface area contributed by atoms with Crippen molar-refractivity contribution in [2.24, 2.45) is 0 Å². The zero-order chi connectivity index (χ0) is 18.0. The molecule has 0 unspecified atom stereocenters. The first-order valence-corrected chi connectivity index (χ1v) is 9.30. The fourth-order valence-electron chi connectivity index (χ4n) is 2.70. The van der Waals surface area contributed by atoms with Crippen LogP contribution in [0.2, 0.25) is 10.0 Å². The van der Waals surface area contributed by atoms with Gasteiger partial charge in [0.05, 0.1) is 10.0 Å². The Kier molecular flexibility index (Phi) is 5.67. The second kappa shape index (κ2) is 7.77. The van der Waals surface area contributed by atoms with Crippen LogP contribution in [-0.2, 0) is 0 Å². The molecule has 4 nitrogen and oxygen atoms in total. The van der Waals surface area contributed by atoms with Crippen molar-refractivity contribution in [1.29, 1.82) is 0 Å². The van der Waals surface area contributed by atoms with Crippen LogP contribution < -0.4 is 0 Å². The Morgan fingerprint density at radius 3 is 1.76 bits per heavy atom. The molecule has 0 N–H and O–H groups in total. The summed E-state index contributed by atoms with van der Waals surface area (Å²) >= 11 is 15.2. The molecule has 0 aliphatic carbocycles. The van der Waals surface area contributed by atoms with Gasteiger partial charge in [-0.25, -0.2) is 0 Å².